The quantitative estimate of drug-likeness (QED) is 0.831. The van der Waals surface area contributed by atoms with Gasteiger partial charge in [-0.3, -0.25) is 4.79 Å². The lowest BCUT2D eigenvalue weighted by Crippen LogP contribution is -2.14. The Labute approximate surface area is 93.5 Å². The molecule has 1 aromatic carbocycles. The summed E-state index contributed by atoms with van der Waals surface area (Å²) in [6.07, 6.45) is 3.82. The average Bonchev–Trinajstić information content (AvgIpc) is 3.12. The van der Waals surface area contributed by atoms with E-state index in [0.717, 1.165) is 23.6 Å². The number of hydrogen-bond acceptors (Lipinski definition) is 2. The van der Waals surface area contributed by atoms with Crippen molar-refractivity contribution in [2.45, 2.75) is 12.8 Å². The summed E-state index contributed by atoms with van der Waals surface area (Å²) in [4.78, 5) is 15.8. The van der Waals surface area contributed by atoms with Crippen LogP contribution in [0.1, 0.15) is 12.8 Å². The summed E-state index contributed by atoms with van der Waals surface area (Å²) in [7, 11) is 0. The fraction of sp³-hybridized carbons (Fsp3) is 0.231. The maximum atomic E-state index is 11.6. The van der Waals surface area contributed by atoms with E-state index in [1.54, 1.807) is 6.20 Å². The molecule has 0 saturated heterocycles. The first kappa shape index (κ1) is 9.33. The van der Waals surface area contributed by atoms with E-state index in [1.807, 2.05) is 30.3 Å². The summed E-state index contributed by atoms with van der Waals surface area (Å²) >= 11 is 0. The van der Waals surface area contributed by atoms with Gasteiger partial charge in [-0.2, -0.15) is 0 Å². The number of carbonyl (C=O) groups excluding carboxylic acids is 1. The van der Waals surface area contributed by atoms with Crippen molar-refractivity contribution < 1.29 is 4.79 Å². The number of nitrogens with one attached hydrogen (secondary N) is 1. The van der Waals surface area contributed by atoms with Crippen molar-refractivity contribution in [1.29, 1.82) is 0 Å². The zero-order valence-corrected chi connectivity index (χ0v) is 8.81. The molecule has 1 aliphatic carbocycles. The SMILES string of the molecule is O=C(Nc1cc2ccccc2cn1)C1CC1. The van der Waals surface area contributed by atoms with E-state index in [9.17, 15) is 4.79 Å². The molecule has 1 fully saturated rings. The number of aromatic nitrogens is 1. The maximum absolute atomic E-state index is 11.6. The zero-order valence-electron chi connectivity index (χ0n) is 8.81. The Balaban J connectivity index is 1.89. The number of rotatable bonds is 2. The second kappa shape index (κ2) is 3.59. The standard InChI is InChI=1S/C13H12N2O/c16-13(9-5-6-9)15-12-7-10-3-1-2-4-11(10)8-14-12/h1-4,7-9H,5-6H2,(H,14,15,16). The van der Waals surface area contributed by atoms with Crippen LogP contribution in [0.2, 0.25) is 0 Å². The summed E-state index contributed by atoms with van der Waals surface area (Å²) in [6, 6.07) is 9.90. The normalized spacial score (nSPS) is 15.0. The molecule has 0 radical (unpaired) electrons. The Morgan fingerprint density at radius 1 is 1.25 bits per heavy atom. The second-order valence-corrected chi connectivity index (χ2v) is 4.18. The minimum atomic E-state index is 0.0998. The second-order valence-electron chi connectivity index (χ2n) is 4.18. The number of anilines is 1. The molecule has 1 aromatic heterocycles. The Hall–Kier alpha value is -1.90. The summed E-state index contributed by atoms with van der Waals surface area (Å²) in [5, 5.41) is 5.04. The van der Waals surface area contributed by atoms with Crippen LogP contribution in [0.15, 0.2) is 36.5 Å². The molecular formula is C13H12N2O. The molecule has 0 aliphatic heterocycles. The lowest BCUT2D eigenvalue weighted by atomic mass is 10.2. The molecular weight excluding hydrogens is 200 g/mol. The molecule has 0 unspecified atom stereocenters. The summed E-state index contributed by atoms with van der Waals surface area (Å²) in [5.74, 6) is 0.964. The average molecular weight is 212 g/mol. The van der Waals surface area contributed by atoms with E-state index in [1.165, 1.54) is 0 Å². The van der Waals surface area contributed by atoms with Crippen molar-refractivity contribution in [1.82, 2.24) is 4.98 Å². The lowest BCUT2D eigenvalue weighted by molar-refractivity contribution is -0.117. The molecule has 1 aliphatic rings. The van der Waals surface area contributed by atoms with Crippen molar-refractivity contribution in [3.8, 4) is 0 Å². The number of pyridine rings is 1. The molecule has 2 aromatic rings. The number of carbonyl (C=O) groups is 1. The first-order valence-electron chi connectivity index (χ1n) is 5.48. The Morgan fingerprint density at radius 3 is 2.75 bits per heavy atom. The first-order valence-corrected chi connectivity index (χ1v) is 5.48. The molecule has 1 N–H and O–H groups in total. The minimum absolute atomic E-state index is 0.0998. The fourth-order valence-electron chi connectivity index (χ4n) is 1.73. The number of hydrogen-bond donors (Lipinski definition) is 1. The van der Waals surface area contributed by atoms with Crippen molar-refractivity contribution in [2.24, 2.45) is 5.92 Å². The first-order chi connectivity index (χ1) is 7.83. The Bertz CT molecular complexity index is 546. The summed E-state index contributed by atoms with van der Waals surface area (Å²) < 4.78 is 0. The van der Waals surface area contributed by atoms with E-state index < -0.39 is 0 Å². The maximum Gasteiger partial charge on any atom is 0.228 e. The molecule has 0 spiro atoms. The van der Waals surface area contributed by atoms with Crippen LogP contribution in [0.25, 0.3) is 10.8 Å². The number of amides is 1. The smallest absolute Gasteiger partial charge is 0.228 e. The predicted octanol–water partition coefficient (Wildman–Crippen LogP) is 2.58. The third-order valence-corrected chi connectivity index (χ3v) is 2.83. The van der Waals surface area contributed by atoms with Gasteiger partial charge < -0.3 is 5.32 Å². The van der Waals surface area contributed by atoms with Crippen LogP contribution in [0.4, 0.5) is 5.82 Å². The summed E-state index contributed by atoms with van der Waals surface area (Å²) in [6.45, 7) is 0. The number of benzene rings is 1. The van der Waals surface area contributed by atoms with Gasteiger partial charge in [0, 0.05) is 17.5 Å². The van der Waals surface area contributed by atoms with Crippen LogP contribution < -0.4 is 5.32 Å². The van der Waals surface area contributed by atoms with Gasteiger partial charge in [0.1, 0.15) is 5.82 Å². The van der Waals surface area contributed by atoms with E-state index in [0.29, 0.717) is 5.82 Å². The fourth-order valence-corrected chi connectivity index (χ4v) is 1.73. The van der Waals surface area contributed by atoms with Gasteiger partial charge in [0.2, 0.25) is 5.91 Å². The molecule has 1 amide bonds. The molecule has 0 bridgehead atoms. The van der Waals surface area contributed by atoms with Crippen LogP contribution in [0.3, 0.4) is 0 Å². The van der Waals surface area contributed by atoms with E-state index in [4.69, 9.17) is 0 Å². The summed E-state index contributed by atoms with van der Waals surface area (Å²) in [5.41, 5.74) is 0. The Kier molecular flexibility index (Phi) is 2.10. The van der Waals surface area contributed by atoms with Gasteiger partial charge in [-0.1, -0.05) is 24.3 Å². The predicted molar refractivity (Wildman–Crippen MR) is 63.1 cm³/mol. The molecule has 80 valence electrons. The monoisotopic (exact) mass is 212 g/mol. The third-order valence-electron chi connectivity index (χ3n) is 2.83. The highest BCUT2D eigenvalue weighted by atomic mass is 16.2. The molecule has 16 heavy (non-hydrogen) atoms. The number of fused-ring (bicyclic) bond motifs is 1. The van der Waals surface area contributed by atoms with Gasteiger partial charge in [-0.25, -0.2) is 4.98 Å². The Morgan fingerprint density at radius 2 is 2.00 bits per heavy atom. The van der Waals surface area contributed by atoms with E-state index in [-0.39, 0.29) is 11.8 Å². The minimum Gasteiger partial charge on any atom is -0.310 e. The molecule has 3 heteroatoms. The van der Waals surface area contributed by atoms with E-state index >= 15 is 0 Å². The van der Waals surface area contributed by atoms with Crippen molar-refractivity contribution in [3.05, 3.63) is 36.5 Å². The van der Waals surface area contributed by atoms with E-state index in [2.05, 4.69) is 10.3 Å². The van der Waals surface area contributed by atoms with Crippen molar-refractivity contribution in [3.63, 3.8) is 0 Å². The van der Waals surface area contributed by atoms with Gasteiger partial charge in [-0.05, 0) is 24.3 Å². The van der Waals surface area contributed by atoms with Crippen LogP contribution in [0.5, 0.6) is 0 Å². The highest BCUT2D eigenvalue weighted by molar-refractivity contribution is 5.95. The molecule has 1 heterocycles. The highest BCUT2D eigenvalue weighted by Gasteiger charge is 2.29. The van der Waals surface area contributed by atoms with Crippen LogP contribution in [-0.4, -0.2) is 10.9 Å². The van der Waals surface area contributed by atoms with Crippen molar-refractivity contribution in [2.75, 3.05) is 5.32 Å². The molecule has 3 rings (SSSR count). The topological polar surface area (TPSA) is 42.0 Å². The van der Waals surface area contributed by atoms with Crippen LogP contribution >= 0.6 is 0 Å². The van der Waals surface area contributed by atoms with Gasteiger partial charge in [0.25, 0.3) is 0 Å². The third kappa shape index (κ3) is 1.76. The zero-order chi connectivity index (χ0) is 11.0. The highest BCUT2D eigenvalue weighted by Crippen LogP contribution is 2.30. The lowest BCUT2D eigenvalue weighted by Gasteiger charge is -2.04. The van der Waals surface area contributed by atoms with Crippen LogP contribution in [-0.2, 0) is 4.79 Å². The van der Waals surface area contributed by atoms with Crippen LogP contribution in [0, 0.1) is 5.92 Å². The number of nitrogens with zero attached hydrogens (tertiary/aromatic N) is 1. The van der Waals surface area contributed by atoms with Gasteiger partial charge in [0.15, 0.2) is 0 Å². The van der Waals surface area contributed by atoms with Gasteiger partial charge >= 0.3 is 0 Å². The largest absolute Gasteiger partial charge is 0.310 e. The molecule has 0 atom stereocenters. The van der Waals surface area contributed by atoms with Gasteiger partial charge in [-0.15, -0.1) is 0 Å². The molecule has 1 saturated carbocycles. The van der Waals surface area contributed by atoms with Crippen molar-refractivity contribution >= 4 is 22.5 Å². The molecule has 3 nitrogen and oxygen atoms in total. The van der Waals surface area contributed by atoms with Gasteiger partial charge in [0.05, 0.1) is 0 Å².